The van der Waals surface area contributed by atoms with Gasteiger partial charge < -0.3 is 24.6 Å². The van der Waals surface area contributed by atoms with E-state index in [0.717, 1.165) is 28.8 Å². The van der Waals surface area contributed by atoms with Crippen molar-refractivity contribution in [2.24, 2.45) is 0 Å². The van der Waals surface area contributed by atoms with Crippen LogP contribution in [-0.4, -0.2) is 41.1 Å². The number of thiophene rings is 1. The minimum Gasteiger partial charge on any atom is -0.454 e. The molecule has 0 saturated heterocycles. The molecular weight excluding hydrogens is 469 g/mol. The van der Waals surface area contributed by atoms with E-state index in [-0.39, 0.29) is 25.3 Å². The van der Waals surface area contributed by atoms with Gasteiger partial charge in [0.1, 0.15) is 12.4 Å². The van der Waals surface area contributed by atoms with Crippen molar-refractivity contribution in [3.63, 3.8) is 0 Å². The second kappa shape index (κ2) is 9.95. The predicted octanol–water partition coefficient (Wildman–Crippen LogP) is 5.15. The molecule has 5 rings (SSSR count). The number of urea groups is 1. The summed E-state index contributed by atoms with van der Waals surface area (Å²) in [6, 6.07) is 13.0. The quantitative estimate of drug-likeness (QED) is 0.469. The third-order valence-corrected chi connectivity index (χ3v) is 7.10. The Morgan fingerprint density at radius 2 is 1.91 bits per heavy atom. The first kappa shape index (κ1) is 23.2. The van der Waals surface area contributed by atoms with Crippen LogP contribution < -0.4 is 14.8 Å². The number of carbonyl (C=O) groups excluding carboxylic acids is 2. The Morgan fingerprint density at radius 1 is 1.09 bits per heavy atom. The third-order valence-electron chi connectivity index (χ3n) is 6.10. The van der Waals surface area contributed by atoms with E-state index in [9.17, 15) is 14.0 Å². The summed E-state index contributed by atoms with van der Waals surface area (Å²) >= 11 is 1.61. The van der Waals surface area contributed by atoms with Gasteiger partial charge in [-0.1, -0.05) is 12.1 Å². The van der Waals surface area contributed by atoms with Crippen LogP contribution in [0.15, 0.2) is 53.9 Å². The van der Waals surface area contributed by atoms with E-state index in [2.05, 4.69) is 5.32 Å². The molecule has 35 heavy (non-hydrogen) atoms. The maximum absolute atomic E-state index is 13.6. The van der Waals surface area contributed by atoms with E-state index in [4.69, 9.17) is 9.47 Å². The standard InChI is InChI=1S/C26H26FN3O4S/c1-17-9-10-35-24(17)14-29(13-18-5-8-22-23(11-18)34-16-33-22)25(31)15-30(21-6-7-21)26(32)28-20-4-2-3-19(27)12-20/h2-5,8-12,21H,6-7,13-16H2,1H3,(H,28,32). The van der Waals surface area contributed by atoms with Gasteiger partial charge in [0, 0.05) is 23.2 Å². The van der Waals surface area contributed by atoms with Crippen molar-refractivity contribution >= 4 is 29.0 Å². The van der Waals surface area contributed by atoms with Crippen LogP contribution in [-0.2, 0) is 17.9 Å². The number of hydrogen-bond donors (Lipinski definition) is 1. The van der Waals surface area contributed by atoms with Crippen molar-refractivity contribution < 1.29 is 23.5 Å². The number of anilines is 1. The van der Waals surface area contributed by atoms with E-state index in [1.807, 2.05) is 36.6 Å². The van der Waals surface area contributed by atoms with E-state index in [0.29, 0.717) is 30.3 Å². The van der Waals surface area contributed by atoms with Gasteiger partial charge in [0.25, 0.3) is 0 Å². The fourth-order valence-electron chi connectivity index (χ4n) is 3.99. The molecule has 2 aromatic carbocycles. The van der Waals surface area contributed by atoms with Crippen LogP contribution in [0.2, 0.25) is 0 Å². The van der Waals surface area contributed by atoms with Crippen molar-refractivity contribution in [3.05, 3.63) is 75.7 Å². The monoisotopic (exact) mass is 495 g/mol. The van der Waals surface area contributed by atoms with Gasteiger partial charge in [0.2, 0.25) is 12.7 Å². The zero-order chi connectivity index (χ0) is 24.4. The van der Waals surface area contributed by atoms with Crippen LogP contribution in [0, 0.1) is 12.7 Å². The Hall–Kier alpha value is -3.59. The Bertz CT molecular complexity index is 1240. The van der Waals surface area contributed by atoms with Crippen LogP contribution in [0.5, 0.6) is 11.5 Å². The van der Waals surface area contributed by atoms with E-state index < -0.39 is 11.8 Å². The molecule has 2 aliphatic rings. The highest BCUT2D eigenvalue weighted by atomic mass is 32.1. The SMILES string of the molecule is Cc1ccsc1CN(Cc1ccc2c(c1)OCO2)C(=O)CN(C(=O)Nc1cccc(F)c1)C1CC1. The van der Waals surface area contributed by atoms with Crippen molar-refractivity contribution in [1.29, 1.82) is 0 Å². The average Bonchev–Trinajstić information content (AvgIpc) is 3.43. The fourth-order valence-corrected chi connectivity index (χ4v) is 4.91. The summed E-state index contributed by atoms with van der Waals surface area (Å²) in [4.78, 5) is 31.0. The number of hydrogen-bond acceptors (Lipinski definition) is 5. The molecule has 0 atom stereocenters. The molecule has 1 aliphatic carbocycles. The van der Waals surface area contributed by atoms with Crippen molar-refractivity contribution in [3.8, 4) is 11.5 Å². The highest BCUT2D eigenvalue weighted by Crippen LogP contribution is 2.33. The van der Waals surface area contributed by atoms with Gasteiger partial charge >= 0.3 is 6.03 Å². The van der Waals surface area contributed by atoms with Crippen LogP contribution in [0.25, 0.3) is 0 Å². The summed E-state index contributed by atoms with van der Waals surface area (Å²) in [7, 11) is 0. The summed E-state index contributed by atoms with van der Waals surface area (Å²) in [5, 5.41) is 4.74. The largest absolute Gasteiger partial charge is 0.454 e. The van der Waals surface area contributed by atoms with Gasteiger partial charge in [0.15, 0.2) is 11.5 Å². The first-order chi connectivity index (χ1) is 17.0. The zero-order valence-corrected chi connectivity index (χ0v) is 20.1. The molecule has 0 spiro atoms. The highest BCUT2D eigenvalue weighted by molar-refractivity contribution is 7.10. The van der Waals surface area contributed by atoms with E-state index >= 15 is 0 Å². The Balaban J connectivity index is 1.33. The van der Waals surface area contributed by atoms with Crippen LogP contribution in [0.4, 0.5) is 14.9 Å². The molecule has 0 bridgehead atoms. The molecule has 0 radical (unpaired) electrons. The van der Waals surface area contributed by atoms with Crippen LogP contribution >= 0.6 is 11.3 Å². The third kappa shape index (κ3) is 5.57. The van der Waals surface area contributed by atoms with Gasteiger partial charge in [-0.2, -0.15) is 0 Å². The topological polar surface area (TPSA) is 71.1 Å². The number of ether oxygens (including phenoxy) is 2. The van der Waals surface area contributed by atoms with Crippen molar-refractivity contribution in [1.82, 2.24) is 9.80 Å². The summed E-state index contributed by atoms with van der Waals surface area (Å²) in [6.07, 6.45) is 1.69. The van der Waals surface area contributed by atoms with Gasteiger partial charge in [0.05, 0.1) is 6.54 Å². The highest BCUT2D eigenvalue weighted by Gasteiger charge is 2.35. The molecule has 9 heteroatoms. The molecular formula is C26H26FN3O4S. The second-order valence-corrected chi connectivity index (χ2v) is 9.76. The van der Waals surface area contributed by atoms with Crippen LogP contribution in [0.3, 0.4) is 0 Å². The predicted molar refractivity (Wildman–Crippen MR) is 131 cm³/mol. The number of aryl methyl sites for hydroxylation is 1. The minimum absolute atomic E-state index is 0.00313. The maximum atomic E-state index is 13.6. The number of nitrogens with zero attached hydrogens (tertiary/aromatic N) is 2. The van der Waals surface area contributed by atoms with Gasteiger partial charge in [-0.25, -0.2) is 9.18 Å². The summed E-state index contributed by atoms with van der Waals surface area (Å²) in [5.74, 6) is 0.765. The van der Waals surface area contributed by atoms with E-state index in [1.165, 1.54) is 18.2 Å². The minimum atomic E-state index is -0.432. The molecule has 2 heterocycles. The lowest BCUT2D eigenvalue weighted by atomic mass is 10.1. The first-order valence-electron chi connectivity index (χ1n) is 11.5. The Kier molecular flexibility index (Phi) is 6.59. The van der Waals surface area contributed by atoms with Crippen molar-refractivity contribution in [2.75, 3.05) is 18.7 Å². The summed E-state index contributed by atoms with van der Waals surface area (Å²) in [6.45, 7) is 2.98. The molecule has 182 valence electrons. The molecule has 0 unspecified atom stereocenters. The number of amides is 3. The number of halogens is 1. The molecule has 1 aliphatic heterocycles. The number of rotatable bonds is 8. The molecule has 1 aromatic heterocycles. The molecule has 3 amide bonds. The molecule has 1 N–H and O–H groups in total. The summed E-state index contributed by atoms with van der Waals surface area (Å²) in [5.41, 5.74) is 2.40. The van der Waals surface area contributed by atoms with Gasteiger partial charge in [-0.3, -0.25) is 4.79 Å². The Morgan fingerprint density at radius 3 is 2.66 bits per heavy atom. The number of fused-ring (bicyclic) bond motifs is 1. The summed E-state index contributed by atoms with van der Waals surface area (Å²) < 4.78 is 24.5. The van der Waals surface area contributed by atoms with Gasteiger partial charge in [-0.05, 0) is 72.7 Å². The fraction of sp³-hybridized carbons (Fsp3) is 0.308. The smallest absolute Gasteiger partial charge is 0.322 e. The lowest BCUT2D eigenvalue weighted by molar-refractivity contribution is -0.133. The first-order valence-corrected chi connectivity index (χ1v) is 12.4. The Labute approximate surface area is 207 Å². The number of carbonyl (C=O) groups is 2. The van der Waals surface area contributed by atoms with Crippen molar-refractivity contribution in [2.45, 2.75) is 38.9 Å². The number of nitrogens with one attached hydrogen (secondary N) is 1. The number of benzene rings is 2. The second-order valence-electron chi connectivity index (χ2n) is 8.76. The maximum Gasteiger partial charge on any atom is 0.322 e. The van der Waals surface area contributed by atoms with Gasteiger partial charge in [-0.15, -0.1) is 11.3 Å². The zero-order valence-electron chi connectivity index (χ0n) is 19.3. The normalized spacial score (nSPS) is 14.0. The molecule has 1 saturated carbocycles. The van der Waals surface area contributed by atoms with E-state index in [1.54, 1.807) is 27.2 Å². The lowest BCUT2D eigenvalue weighted by Gasteiger charge is -2.28. The van der Waals surface area contributed by atoms with Crippen LogP contribution in [0.1, 0.15) is 28.8 Å². The average molecular weight is 496 g/mol. The molecule has 7 nitrogen and oxygen atoms in total. The molecule has 1 fully saturated rings. The molecule has 3 aromatic rings. The lowest BCUT2D eigenvalue weighted by Crippen LogP contribution is -2.45.